The van der Waals surface area contributed by atoms with E-state index in [1.807, 2.05) is 12.1 Å². The Kier molecular flexibility index (Phi) is 5.55. The molecule has 1 aliphatic rings. The first-order valence-corrected chi connectivity index (χ1v) is 7.70. The summed E-state index contributed by atoms with van der Waals surface area (Å²) in [5.74, 6) is -0.166. The van der Waals surface area contributed by atoms with Gasteiger partial charge in [0.2, 0.25) is 5.91 Å². The van der Waals surface area contributed by atoms with E-state index in [4.69, 9.17) is 5.11 Å². The number of rotatable bonds is 5. The maximum Gasteiger partial charge on any atom is 0.335 e. The minimum absolute atomic E-state index is 0.146. The third kappa shape index (κ3) is 4.56. The molecule has 1 N–H and O–H groups in total. The fourth-order valence-electron chi connectivity index (χ4n) is 2.85. The van der Waals surface area contributed by atoms with Crippen molar-refractivity contribution in [3.8, 4) is 0 Å². The zero-order valence-corrected chi connectivity index (χ0v) is 13.3. The number of piperidine rings is 1. The van der Waals surface area contributed by atoms with E-state index in [1.54, 1.807) is 31.1 Å². The van der Waals surface area contributed by atoms with Gasteiger partial charge in [0.25, 0.3) is 0 Å². The number of carboxylic acids is 1. The maximum atomic E-state index is 11.7. The van der Waals surface area contributed by atoms with E-state index in [0.29, 0.717) is 18.0 Å². The standard InChI is InChI=1S/C17H24N2O3/c1-18(2)16(20)12-19-8-6-13(7-9-19)10-14-4-3-5-15(11-14)17(21)22/h3-5,11,13H,6-10,12H2,1-2H3,(H,21,22). The van der Waals surface area contributed by atoms with Gasteiger partial charge in [0.15, 0.2) is 0 Å². The molecular weight excluding hydrogens is 280 g/mol. The van der Waals surface area contributed by atoms with Gasteiger partial charge in [-0.15, -0.1) is 0 Å². The fourth-order valence-corrected chi connectivity index (χ4v) is 2.85. The third-order valence-corrected chi connectivity index (χ3v) is 4.26. The Bertz CT molecular complexity index is 534. The van der Waals surface area contributed by atoms with E-state index in [2.05, 4.69) is 4.90 Å². The van der Waals surface area contributed by atoms with Crippen LogP contribution in [0.4, 0.5) is 0 Å². The number of carboxylic acid groups (broad SMARTS) is 1. The number of likely N-dealkylation sites (tertiary alicyclic amines) is 1. The lowest BCUT2D eigenvalue weighted by Crippen LogP contribution is -2.41. The molecule has 0 radical (unpaired) electrons. The van der Waals surface area contributed by atoms with Crippen LogP contribution in [0.25, 0.3) is 0 Å². The molecule has 0 unspecified atom stereocenters. The molecule has 1 aromatic rings. The number of nitrogens with zero attached hydrogens (tertiary/aromatic N) is 2. The van der Waals surface area contributed by atoms with Gasteiger partial charge in [0, 0.05) is 14.1 Å². The molecule has 0 bridgehead atoms. The largest absolute Gasteiger partial charge is 0.478 e. The molecule has 0 atom stereocenters. The summed E-state index contributed by atoms with van der Waals surface area (Å²) in [4.78, 5) is 26.5. The minimum atomic E-state index is -0.876. The Labute approximate surface area is 131 Å². The van der Waals surface area contributed by atoms with Crippen LogP contribution in [0.2, 0.25) is 0 Å². The lowest BCUT2D eigenvalue weighted by molar-refractivity contribution is -0.130. The number of carbonyl (C=O) groups is 2. The van der Waals surface area contributed by atoms with E-state index < -0.39 is 5.97 Å². The average Bonchev–Trinajstić information content (AvgIpc) is 2.49. The van der Waals surface area contributed by atoms with Crippen molar-refractivity contribution in [2.24, 2.45) is 5.92 Å². The molecule has 0 saturated carbocycles. The highest BCUT2D eigenvalue weighted by Gasteiger charge is 2.21. The second-order valence-corrected chi connectivity index (χ2v) is 6.22. The average molecular weight is 304 g/mol. The Morgan fingerprint density at radius 3 is 2.55 bits per heavy atom. The maximum absolute atomic E-state index is 11.7. The van der Waals surface area contributed by atoms with Crippen molar-refractivity contribution in [3.63, 3.8) is 0 Å². The molecule has 5 nitrogen and oxygen atoms in total. The van der Waals surface area contributed by atoms with Gasteiger partial charge in [-0.05, 0) is 56.0 Å². The summed E-state index contributed by atoms with van der Waals surface area (Å²) in [6, 6.07) is 7.20. The topological polar surface area (TPSA) is 60.9 Å². The van der Waals surface area contributed by atoms with Crippen LogP contribution < -0.4 is 0 Å². The van der Waals surface area contributed by atoms with E-state index >= 15 is 0 Å². The van der Waals surface area contributed by atoms with Crippen molar-refractivity contribution in [1.29, 1.82) is 0 Å². The molecule has 120 valence electrons. The lowest BCUT2D eigenvalue weighted by atomic mass is 9.89. The Morgan fingerprint density at radius 1 is 1.27 bits per heavy atom. The lowest BCUT2D eigenvalue weighted by Gasteiger charge is -2.32. The van der Waals surface area contributed by atoms with Gasteiger partial charge in [0.05, 0.1) is 12.1 Å². The predicted octanol–water partition coefficient (Wildman–Crippen LogP) is 1.73. The molecular formula is C17H24N2O3. The van der Waals surface area contributed by atoms with Gasteiger partial charge < -0.3 is 10.0 Å². The summed E-state index contributed by atoms with van der Waals surface area (Å²) in [6.07, 6.45) is 3.02. The number of amides is 1. The molecule has 1 saturated heterocycles. The van der Waals surface area contributed by atoms with Crippen LogP contribution in [0.15, 0.2) is 24.3 Å². The van der Waals surface area contributed by atoms with Crippen LogP contribution in [0.1, 0.15) is 28.8 Å². The molecule has 1 aromatic carbocycles. The Hall–Kier alpha value is -1.88. The highest BCUT2D eigenvalue weighted by atomic mass is 16.4. The molecule has 5 heteroatoms. The van der Waals surface area contributed by atoms with Gasteiger partial charge in [-0.2, -0.15) is 0 Å². The van der Waals surface area contributed by atoms with E-state index in [0.717, 1.165) is 37.9 Å². The molecule has 0 spiro atoms. The minimum Gasteiger partial charge on any atom is -0.478 e. The predicted molar refractivity (Wildman–Crippen MR) is 85.0 cm³/mol. The number of hydrogen-bond acceptors (Lipinski definition) is 3. The van der Waals surface area contributed by atoms with Crippen LogP contribution >= 0.6 is 0 Å². The Morgan fingerprint density at radius 2 is 1.95 bits per heavy atom. The van der Waals surface area contributed by atoms with Crippen LogP contribution in [0.3, 0.4) is 0 Å². The zero-order valence-electron chi connectivity index (χ0n) is 13.3. The Balaban J connectivity index is 1.83. The molecule has 2 rings (SSSR count). The number of benzene rings is 1. The van der Waals surface area contributed by atoms with Crippen LogP contribution in [0.5, 0.6) is 0 Å². The SMILES string of the molecule is CN(C)C(=O)CN1CCC(Cc2cccc(C(=O)O)c2)CC1. The fraction of sp³-hybridized carbons (Fsp3) is 0.529. The molecule has 0 aliphatic carbocycles. The first kappa shape index (κ1) is 16.5. The summed E-state index contributed by atoms with van der Waals surface area (Å²) in [5, 5.41) is 9.04. The number of hydrogen-bond donors (Lipinski definition) is 1. The van der Waals surface area contributed by atoms with Crippen molar-refractivity contribution in [1.82, 2.24) is 9.80 Å². The van der Waals surface area contributed by atoms with Gasteiger partial charge in [-0.25, -0.2) is 4.79 Å². The summed E-state index contributed by atoms with van der Waals surface area (Å²) in [5.41, 5.74) is 1.44. The van der Waals surface area contributed by atoms with E-state index in [1.165, 1.54) is 0 Å². The van der Waals surface area contributed by atoms with Crippen LogP contribution in [0, 0.1) is 5.92 Å². The third-order valence-electron chi connectivity index (χ3n) is 4.26. The molecule has 0 aromatic heterocycles. The quantitative estimate of drug-likeness (QED) is 0.900. The number of carbonyl (C=O) groups excluding carboxylic acids is 1. The van der Waals surface area contributed by atoms with Crippen molar-refractivity contribution in [2.75, 3.05) is 33.7 Å². The highest BCUT2D eigenvalue weighted by Crippen LogP contribution is 2.22. The monoisotopic (exact) mass is 304 g/mol. The van der Waals surface area contributed by atoms with Gasteiger partial charge in [0.1, 0.15) is 0 Å². The zero-order chi connectivity index (χ0) is 16.1. The molecule has 1 amide bonds. The summed E-state index contributed by atoms with van der Waals surface area (Å²) in [6.45, 7) is 2.36. The number of likely N-dealkylation sites (N-methyl/N-ethyl adjacent to an activating group) is 1. The van der Waals surface area contributed by atoms with Crippen molar-refractivity contribution in [2.45, 2.75) is 19.3 Å². The van der Waals surface area contributed by atoms with Crippen LogP contribution in [-0.2, 0) is 11.2 Å². The second kappa shape index (κ2) is 7.40. The summed E-state index contributed by atoms with van der Waals surface area (Å²) in [7, 11) is 3.56. The van der Waals surface area contributed by atoms with Gasteiger partial charge in [-0.1, -0.05) is 12.1 Å². The molecule has 1 heterocycles. The van der Waals surface area contributed by atoms with Crippen molar-refractivity contribution >= 4 is 11.9 Å². The van der Waals surface area contributed by atoms with Gasteiger partial charge in [-0.3, -0.25) is 9.69 Å². The number of aromatic carboxylic acids is 1. The van der Waals surface area contributed by atoms with Crippen molar-refractivity contribution < 1.29 is 14.7 Å². The normalized spacial score (nSPS) is 16.5. The van der Waals surface area contributed by atoms with Crippen LogP contribution in [-0.4, -0.2) is 60.5 Å². The first-order chi connectivity index (χ1) is 10.5. The molecule has 1 aliphatic heterocycles. The van der Waals surface area contributed by atoms with Gasteiger partial charge >= 0.3 is 5.97 Å². The highest BCUT2D eigenvalue weighted by molar-refractivity contribution is 5.87. The smallest absolute Gasteiger partial charge is 0.335 e. The van der Waals surface area contributed by atoms with E-state index in [-0.39, 0.29) is 5.91 Å². The van der Waals surface area contributed by atoms with E-state index in [9.17, 15) is 9.59 Å². The summed E-state index contributed by atoms with van der Waals surface area (Å²) < 4.78 is 0. The molecule has 1 fully saturated rings. The second-order valence-electron chi connectivity index (χ2n) is 6.22. The molecule has 22 heavy (non-hydrogen) atoms. The van der Waals surface area contributed by atoms with Crippen molar-refractivity contribution in [3.05, 3.63) is 35.4 Å². The summed E-state index contributed by atoms with van der Waals surface area (Å²) >= 11 is 0. The first-order valence-electron chi connectivity index (χ1n) is 7.70.